The van der Waals surface area contributed by atoms with E-state index in [0.717, 1.165) is 48.3 Å². The molecule has 0 bridgehead atoms. The normalized spacial score (nSPS) is 17.2. The van der Waals surface area contributed by atoms with Crippen molar-refractivity contribution in [2.45, 2.75) is 19.9 Å². The zero-order valence-electron chi connectivity index (χ0n) is 9.90. The Balaban J connectivity index is 2.05. The van der Waals surface area contributed by atoms with Crippen LogP contribution < -0.4 is 5.32 Å². The van der Waals surface area contributed by atoms with E-state index in [2.05, 4.69) is 15.2 Å². The Labute approximate surface area is 104 Å². The molecule has 0 saturated carbocycles. The van der Waals surface area contributed by atoms with Gasteiger partial charge in [-0.15, -0.1) is 11.3 Å². The van der Waals surface area contributed by atoms with E-state index in [4.69, 9.17) is 5.11 Å². The third-order valence-electron chi connectivity index (χ3n) is 2.78. The molecular weight excluding hydrogens is 238 g/mol. The molecule has 2 N–H and O–H groups in total. The van der Waals surface area contributed by atoms with E-state index >= 15 is 0 Å². The van der Waals surface area contributed by atoms with Crippen LogP contribution in [0.25, 0.3) is 0 Å². The molecule has 0 aromatic carbocycles. The summed E-state index contributed by atoms with van der Waals surface area (Å²) in [5, 5.41) is 13.1. The average Bonchev–Trinajstić information content (AvgIpc) is 2.59. The molecular formula is C11H17N3O2S. The predicted octanol–water partition coefficient (Wildman–Crippen LogP) is 0.484. The van der Waals surface area contributed by atoms with Gasteiger partial charge in [-0.25, -0.2) is 4.98 Å². The van der Waals surface area contributed by atoms with Crippen LogP contribution in [-0.4, -0.2) is 47.1 Å². The van der Waals surface area contributed by atoms with Gasteiger partial charge in [0.25, 0.3) is 0 Å². The standard InChI is InChI=1S/C11H17N3O2S/c1-8-13-9(6-11(15)16)10(17-8)7-14-4-2-12-3-5-14/h12H,2-7H2,1H3,(H,15,16). The minimum atomic E-state index is -0.808. The molecule has 1 aliphatic heterocycles. The Hall–Kier alpha value is -0.980. The molecule has 0 unspecified atom stereocenters. The van der Waals surface area contributed by atoms with E-state index in [1.165, 1.54) is 0 Å². The van der Waals surface area contributed by atoms with E-state index in [-0.39, 0.29) is 6.42 Å². The summed E-state index contributed by atoms with van der Waals surface area (Å²) in [7, 11) is 0. The van der Waals surface area contributed by atoms with Gasteiger partial charge in [0.1, 0.15) is 0 Å². The molecule has 1 aromatic heterocycles. The molecule has 0 radical (unpaired) electrons. The molecule has 0 amide bonds. The van der Waals surface area contributed by atoms with Crippen molar-refractivity contribution < 1.29 is 9.90 Å². The Bertz CT molecular complexity index is 399. The lowest BCUT2D eigenvalue weighted by Crippen LogP contribution is -2.42. The minimum Gasteiger partial charge on any atom is -0.481 e. The number of aromatic nitrogens is 1. The van der Waals surface area contributed by atoms with E-state index in [0.29, 0.717) is 0 Å². The summed E-state index contributed by atoms with van der Waals surface area (Å²) < 4.78 is 0. The van der Waals surface area contributed by atoms with Crippen LogP contribution in [0.1, 0.15) is 15.6 Å². The van der Waals surface area contributed by atoms with Gasteiger partial charge in [0.05, 0.1) is 17.1 Å². The van der Waals surface area contributed by atoms with Gasteiger partial charge in [-0.3, -0.25) is 9.69 Å². The maximum absolute atomic E-state index is 10.8. The second kappa shape index (κ2) is 5.57. The first kappa shape index (κ1) is 12.5. The van der Waals surface area contributed by atoms with Gasteiger partial charge in [0.15, 0.2) is 0 Å². The first-order chi connectivity index (χ1) is 8.15. The molecule has 1 fully saturated rings. The topological polar surface area (TPSA) is 65.5 Å². The summed E-state index contributed by atoms with van der Waals surface area (Å²) in [5.41, 5.74) is 0.735. The molecule has 6 heteroatoms. The number of hydrogen-bond donors (Lipinski definition) is 2. The van der Waals surface area contributed by atoms with Gasteiger partial charge < -0.3 is 10.4 Å². The number of hydrogen-bond acceptors (Lipinski definition) is 5. The number of carboxylic acids is 1. The maximum atomic E-state index is 10.8. The molecule has 0 aliphatic carbocycles. The lowest BCUT2D eigenvalue weighted by Gasteiger charge is -2.26. The fourth-order valence-electron chi connectivity index (χ4n) is 1.99. The Morgan fingerprint density at radius 2 is 2.24 bits per heavy atom. The van der Waals surface area contributed by atoms with Gasteiger partial charge in [-0.1, -0.05) is 0 Å². The van der Waals surface area contributed by atoms with Crippen LogP contribution in [-0.2, 0) is 17.8 Å². The Kier molecular flexibility index (Phi) is 4.09. The molecule has 5 nitrogen and oxygen atoms in total. The van der Waals surface area contributed by atoms with Gasteiger partial charge >= 0.3 is 5.97 Å². The van der Waals surface area contributed by atoms with E-state index in [1.54, 1.807) is 11.3 Å². The lowest BCUT2D eigenvalue weighted by molar-refractivity contribution is -0.136. The number of carbonyl (C=O) groups is 1. The molecule has 0 spiro atoms. The summed E-state index contributed by atoms with van der Waals surface area (Å²) in [6.45, 7) is 6.80. The van der Waals surface area contributed by atoms with Crippen LogP contribution in [0.4, 0.5) is 0 Å². The van der Waals surface area contributed by atoms with Crippen LogP contribution in [0.5, 0.6) is 0 Å². The van der Waals surface area contributed by atoms with Crippen molar-refractivity contribution in [2.24, 2.45) is 0 Å². The molecule has 94 valence electrons. The highest BCUT2D eigenvalue weighted by Crippen LogP contribution is 2.20. The van der Waals surface area contributed by atoms with E-state index in [1.807, 2.05) is 6.92 Å². The molecule has 17 heavy (non-hydrogen) atoms. The highest BCUT2D eigenvalue weighted by Gasteiger charge is 2.16. The van der Waals surface area contributed by atoms with Gasteiger partial charge in [-0.05, 0) is 6.92 Å². The van der Waals surface area contributed by atoms with Gasteiger partial charge in [0.2, 0.25) is 0 Å². The zero-order valence-corrected chi connectivity index (χ0v) is 10.7. The number of nitrogens with zero attached hydrogens (tertiary/aromatic N) is 2. The van der Waals surface area contributed by atoms with Crippen molar-refractivity contribution in [1.29, 1.82) is 0 Å². The van der Waals surface area contributed by atoms with Crippen molar-refractivity contribution in [3.63, 3.8) is 0 Å². The van der Waals surface area contributed by atoms with Crippen LogP contribution in [0.15, 0.2) is 0 Å². The van der Waals surface area contributed by atoms with Crippen LogP contribution >= 0.6 is 11.3 Å². The smallest absolute Gasteiger partial charge is 0.309 e. The predicted molar refractivity (Wildman–Crippen MR) is 66.3 cm³/mol. The van der Waals surface area contributed by atoms with Crippen molar-refractivity contribution in [3.05, 3.63) is 15.6 Å². The average molecular weight is 255 g/mol. The number of carboxylic acid groups (broad SMARTS) is 1. The second-order valence-corrected chi connectivity index (χ2v) is 5.49. The number of nitrogens with one attached hydrogen (secondary N) is 1. The molecule has 1 saturated heterocycles. The number of piperazine rings is 1. The number of rotatable bonds is 4. The van der Waals surface area contributed by atoms with Crippen molar-refractivity contribution in [3.8, 4) is 0 Å². The van der Waals surface area contributed by atoms with Crippen molar-refractivity contribution in [1.82, 2.24) is 15.2 Å². The summed E-state index contributed by atoms with van der Waals surface area (Å²) in [6, 6.07) is 0. The number of thiazole rings is 1. The van der Waals surface area contributed by atoms with Crippen molar-refractivity contribution >= 4 is 17.3 Å². The van der Waals surface area contributed by atoms with Crippen LogP contribution in [0, 0.1) is 6.92 Å². The fraction of sp³-hybridized carbons (Fsp3) is 0.636. The second-order valence-electron chi connectivity index (χ2n) is 4.20. The molecule has 1 aliphatic rings. The highest BCUT2D eigenvalue weighted by molar-refractivity contribution is 7.11. The number of aliphatic carboxylic acids is 1. The summed E-state index contributed by atoms with van der Waals surface area (Å²) in [4.78, 5) is 18.5. The minimum absolute atomic E-state index is 0.0335. The first-order valence-corrected chi connectivity index (χ1v) is 6.57. The Morgan fingerprint density at radius 3 is 2.88 bits per heavy atom. The summed E-state index contributed by atoms with van der Waals surface area (Å²) in [5.74, 6) is -0.808. The van der Waals surface area contributed by atoms with Gasteiger partial charge in [0, 0.05) is 37.6 Å². The zero-order chi connectivity index (χ0) is 12.3. The monoisotopic (exact) mass is 255 g/mol. The molecule has 0 atom stereocenters. The first-order valence-electron chi connectivity index (χ1n) is 5.75. The quantitative estimate of drug-likeness (QED) is 0.819. The van der Waals surface area contributed by atoms with Crippen molar-refractivity contribution in [2.75, 3.05) is 26.2 Å². The Morgan fingerprint density at radius 1 is 1.53 bits per heavy atom. The summed E-state index contributed by atoms with van der Waals surface area (Å²) in [6.07, 6.45) is 0.0335. The SMILES string of the molecule is Cc1nc(CC(=O)O)c(CN2CCNCC2)s1. The third kappa shape index (κ3) is 3.49. The summed E-state index contributed by atoms with van der Waals surface area (Å²) >= 11 is 1.61. The van der Waals surface area contributed by atoms with E-state index in [9.17, 15) is 4.79 Å². The lowest BCUT2D eigenvalue weighted by atomic mass is 10.2. The maximum Gasteiger partial charge on any atom is 0.309 e. The van der Waals surface area contributed by atoms with Crippen LogP contribution in [0.3, 0.4) is 0 Å². The molecule has 1 aromatic rings. The molecule has 2 heterocycles. The van der Waals surface area contributed by atoms with Crippen LogP contribution in [0.2, 0.25) is 0 Å². The largest absolute Gasteiger partial charge is 0.481 e. The third-order valence-corrected chi connectivity index (χ3v) is 3.78. The van der Waals surface area contributed by atoms with E-state index < -0.39 is 5.97 Å². The molecule has 2 rings (SSSR count). The fourth-order valence-corrected chi connectivity index (χ4v) is 2.98. The highest BCUT2D eigenvalue weighted by atomic mass is 32.1. The van der Waals surface area contributed by atoms with Gasteiger partial charge in [-0.2, -0.15) is 0 Å². The number of aryl methyl sites for hydroxylation is 1.